The fourth-order valence-electron chi connectivity index (χ4n) is 1.64. The van der Waals surface area contributed by atoms with Crippen LogP contribution in [0.1, 0.15) is 19.8 Å². The zero-order chi connectivity index (χ0) is 7.35. The van der Waals surface area contributed by atoms with Gasteiger partial charge in [0.2, 0.25) is 0 Å². The highest BCUT2D eigenvalue weighted by atomic mass is 79.9. The summed E-state index contributed by atoms with van der Waals surface area (Å²) < 4.78 is 5.55. The third-order valence-corrected chi connectivity index (χ3v) is 5.15. The van der Waals surface area contributed by atoms with Gasteiger partial charge in [0.05, 0.1) is 11.7 Å². The predicted molar refractivity (Wildman–Crippen MR) is 47.9 cm³/mol. The molecule has 2 rings (SSSR count). The van der Waals surface area contributed by atoms with Crippen molar-refractivity contribution < 1.29 is 4.74 Å². The monoisotopic (exact) mass is 268 g/mol. The maximum Gasteiger partial charge on any atom is 0.0931 e. The van der Waals surface area contributed by atoms with E-state index >= 15 is 0 Å². The lowest BCUT2D eigenvalue weighted by atomic mass is 9.91. The number of ether oxygens (including phenoxy) is 1. The molecule has 10 heavy (non-hydrogen) atoms. The highest BCUT2D eigenvalue weighted by Gasteiger charge is 2.57. The Labute approximate surface area is 77.8 Å². The summed E-state index contributed by atoms with van der Waals surface area (Å²) in [6.45, 7) is 2.20. The van der Waals surface area contributed by atoms with E-state index in [4.69, 9.17) is 4.74 Å². The second kappa shape index (κ2) is 2.20. The van der Waals surface area contributed by atoms with Gasteiger partial charge in [0.25, 0.3) is 0 Å². The molecule has 1 aliphatic heterocycles. The Morgan fingerprint density at radius 2 is 2.10 bits per heavy atom. The average molecular weight is 270 g/mol. The van der Waals surface area contributed by atoms with Gasteiger partial charge in [-0.3, -0.25) is 0 Å². The van der Waals surface area contributed by atoms with Gasteiger partial charge in [0.1, 0.15) is 0 Å². The van der Waals surface area contributed by atoms with E-state index in [1.165, 1.54) is 0 Å². The molecule has 0 radical (unpaired) electrons. The molecule has 3 heteroatoms. The van der Waals surface area contributed by atoms with Crippen LogP contribution in [0, 0.1) is 0 Å². The van der Waals surface area contributed by atoms with E-state index < -0.39 is 0 Å². The first-order valence-corrected chi connectivity index (χ1v) is 5.41. The molecule has 0 amide bonds. The molecule has 1 aliphatic carbocycles. The van der Waals surface area contributed by atoms with Crippen molar-refractivity contribution in [3.63, 3.8) is 0 Å². The Morgan fingerprint density at radius 3 is 2.70 bits per heavy atom. The van der Waals surface area contributed by atoms with E-state index in [0.29, 0.717) is 15.8 Å². The summed E-state index contributed by atoms with van der Waals surface area (Å²) in [6, 6.07) is 0. The Morgan fingerprint density at radius 1 is 1.40 bits per heavy atom. The quantitative estimate of drug-likeness (QED) is 0.486. The first kappa shape index (κ1) is 7.56. The minimum Gasteiger partial charge on any atom is -0.366 e. The van der Waals surface area contributed by atoms with Crippen LogP contribution in [-0.4, -0.2) is 21.4 Å². The van der Waals surface area contributed by atoms with Crippen LogP contribution in [0.25, 0.3) is 0 Å². The molecule has 0 unspecified atom stereocenters. The Balaban J connectivity index is 2.05. The number of rotatable bonds is 0. The molecule has 0 aromatic rings. The molecular weight excluding hydrogens is 260 g/mol. The van der Waals surface area contributed by atoms with Gasteiger partial charge in [-0.2, -0.15) is 0 Å². The predicted octanol–water partition coefficient (Wildman–Crippen LogP) is 2.46. The van der Waals surface area contributed by atoms with Crippen LogP contribution in [0.4, 0.5) is 0 Å². The lowest BCUT2D eigenvalue weighted by Gasteiger charge is -2.22. The van der Waals surface area contributed by atoms with Crippen molar-refractivity contribution in [3.05, 3.63) is 0 Å². The zero-order valence-corrected chi connectivity index (χ0v) is 8.98. The minimum absolute atomic E-state index is 0.221. The minimum atomic E-state index is 0.221. The smallest absolute Gasteiger partial charge is 0.0931 e. The van der Waals surface area contributed by atoms with E-state index in [-0.39, 0.29) is 5.60 Å². The highest BCUT2D eigenvalue weighted by Crippen LogP contribution is 2.50. The van der Waals surface area contributed by atoms with Crippen molar-refractivity contribution in [3.8, 4) is 0 Å². The summed E-state index contributed by atoms with van der Waals surface area (Å²) in [5.41, 5.74) is 0.221. The van der Waals surface area contributed by atoms with E-state index in [0.717, 1.165) is 12.8 Å². The molecule has 1 nitrogen and oxygen atoms in total. The maximum absolute atomic E-state index is 5.55. The summed E-state index contributed by atoms with van der Waals surface area (Å²) in [7, 11) is 0. The molecule has 0 bridgehead atoms. The molecule has 0 aromatic heterocycles. The lowest BCUT2D eigenvalue weighted by molar-refractivity contribution is 0.306. The van der Waals surface area contributed by atoms with Crippen LogP contribution >= 0.6 is 31.9 Å². The second-order valence-electron chi connectivity index (χ2n) is 3.39. The molecule has 0 aromatic carbocycles. The van der Waals surface area contributed by atoms with Gasteiger partial charge in [-0.1, -0.05) is 31.9 Å². The number of hydrogen-bond acceptors (Lipinski definition) is 1. The Bertz CT molecular complexity index is 162. The standard InChI is InChI=1S/C7H10Br2O/c1-7-3-5(9)4(8)2-6(7)10-7/h4-6H,2-3H2,1H3/t4-,5-,6+,7-/m0/s1. The molecule has 0 spiro atoms. The second-order valence-corrected chi connectivity index (χ2v) is 5.74. The third kappa shape index (κ3) is 1.07. The molecule has 2 fully saturated rings. The Kier molecular flexibility index (Phi) is 1.67. The summed E-state index contributed by atoms with van der Waals surface area (Å²) >= 11 is 7.25. The van der Waals surface area contributed by atoms with Crippen LogP contribution < -0.4 is 0 Å². The van der Waals surface area contributed by atoms with Crippen molar-refractivity contribution in [1.29, 1.82) is 0 Å². The molecule has 1 saturated heterocycles. The molecule has 1 heterocycles. The van der Waals surface area contributed by atoms with Crippen LogP contribution in [0.3, 0.4) is 0 Å². The molecule has 58 valence electrons. The van der Waals surface area contributed by atoms with Crippen molar-refractivity contribution in [2.24, 2.45) is 0 Å². The van der Waals surface area contributed by atoms with Gasteiger partial charge < -0.3 is 4.74 Å². The number of halogens is 2. The molecule has 2 aliphatic rings. The highest BCUT2D eigenvalue weighted by molar-refractivity contribution is 9.12. The summed E-state index contributed by atoms with van der Waals surface area (Å²) in [5.74, 6) is 0. The van der Waals surface area contributed by atoms with Crippen LogP contribution in [0.15, 0.2) is 0 Å². The van der Waals surface area contributed by atoms with E-state index in [9.17, 15) is 0 Å². The van der Waals surface area contributed by atoms with Gasteiger partial charge in [-0.25, -0.2) is 0 Å². The van der Waals surface area contributed by atoms with Gasteiger partial charge in [-0.15, -0.1) is 0 Å². The zero-order valence-electron chi connectivity index (χ0n) is 5.81. The van der Waals surface area contributed by atoms with Crippen molar-refractivity contribution in [1.82, 2.24) is 0 Å². The van der Waals surface area contributed by atoms with E-state index in [1.807, 2.05) is 0 Å². The van der Waals surface area contributed by atoms with Crippen molar-refractivity contribution >= 4 is 31.9 Å². The molecule has 4 atom stereocenters. The summed E-state index contributed by atoms with van der Waals surface area (Å²) in [4.78, 5) is 1.20. The number of epoxide rings is 1. The van der Waals surface area contributed by atoms with Crippen LogP contribution in [0.2, 0.25) is 0 Å². The summed E-state index contributed by atoms with van der Waals surface area (Å²) in [5, 5.41) is 0. The normalized spacial score (nSPS) is 59.7. The van der Waals surface area contributed by atoms with Crippen LogP contribution in [-0.2, 0) is 4.74 Å². The topological polar surface area (TPSA) is 12.5 Å². The van der Waals surface area contributed by atoms with Crippen LogP contribution in [0.5, 0.6) is 0 Å². The number of hydrogen-bond donors (Lipinski definition) is 0. The van der Waals surface area contributed by atoms with Gasteiger partial charge >= 0.3 is 0 Å². The van der Waals surface area contributed by atoms with E-state index in [2.05, 4.69) is 38.8 Å². The fraction of sp³-hybridized carbons (Fsp3) is 1.00. The lowest BCUT2D eigenvalue weighted by Crippen LogP contribution is -2.30. The maximum atomic E-state index is 5.55. The first-order valence-electron chi connectivity index (χ1n) is 3.58. The van der Waals surface area contributed by atoms with Gasteiger partial charge in [-0.05, 0) is 19.8 Å². The average Bonchev–Trinajstić information content (AvgIpc) is 2.41. The van der Waals surface area contributed by atoms with Crippen molar-refractivity contribution in [2.75, 3.05) is 0 Å². The summed E-state index contributed by atoms with van der Waals surface area (Å²) in [6.07, 6.45) is 2.84. The molecular formula is C7H10Br2O. The largest absolute Gasteiger partial charge is 0.366 e. The van der Waals surface area contributed by atoms with E-state index in [1.54, 1.807) is 0 Å². The molecule has 1 saturated carbocycles. The number of fused-ring (bicyclic) bond motifs is 1. The molecule has 0 N–H and O–H groups in total. The third-order valence-electron chi connectivity index (χ3n) is 2.47. The number of alkyl halides is 2. The van der Waals surface area contributed by atoms with Gasteiger partial charge in [0, 0.05) is 9.65 Å². The Hall–Kier alpha value is 0.920. The SMILES string of the molecule is C[C@]12C[C@H](Br)[C@@H](Br)C[C@H]1O2. The first-order chi connectivity index (χ1) is 4.62. The van der Waals surface area contributed by atoms with Crippen molar-refractivity contribution in [2.45, 2.75) is 41.1 Å². The fourth-order valence-corrected chi connectivity index (χ4v) is 3.02. The van der Waals surface area contributed by atoms with Gasteiger partial charge in [0.15, 0.2) is 0 Å².